The molecule has 0 unspecified atom stereocenters. The normalized spacial score (nSPS) is 21.2. The molecule has 1 N–H and O–H groups in total. The largest absolute Gasteiger partial charge is 0.336 e. The van der Waals surface area contributed by atoms with Gasteiger partial charge in [-0.2, -0.15) is 0 Å². The molecule has 0 spiro atoms. The van der Waals surface area contributed by atoms with E-state index in [1.807, 2.05) is 24.8 Å². The van der Waals surface area contributed by atoms with Gasteiger partial charge in [0.2, 0.25) is 5.91 Å². The quantitative estimate of drug-likeness (QED) is 0.796. The van der Waals surface area contributed by atoms with E-state index in [1.165, 1.54) is 24.0 Å². The third-order valence-corrected chi connectivity index (χ3v) is 5.23. The van der Waals surface area contributed by atoms with Gasteiger partial charge in [-0.15, -0.1) is 0 Å². The van der Waals surface area contributed by atoms with Gasteiger partial charge in [0.1, 0.15) is 0 Å². The molecule has 0 saturated carbocycles. The van der Waals surface area contributed by atoms with Crippen LogP contribution >= 0.6 is 0 Å². The highest BCUT2D eigenvalue weighted by atomic mass is 16.2. The summed E-state index contributed by atoms with van der Waals surface area (Å²) in [6.07, 6.45) is 7.26. The number of allylic oxidation sites excluding steroid dienone is 3. The lowest BCUT2D eigenvalue weighted by atomic mass is 9.72. The van der Waals surface area contributed by atoms with Crippen LogP contribution in [0, 0.1) is 5.41 Å². The van der Waals surface area contributed by atoms with Crippen molar-refractivity contribution in [3.05, 3.63) is 23.3 Å². The number of hydrogen-bond acceptors (Lipinski definition) is 2. The van der Waals surface area contributed by atoms with Gasteiger partial charge in [-0.3, -0.25) is 4.79 Å². The summed E-state index contributed by atoms with van der Waals surface area (Å²) in [4.78, 5) is 28.1. The Balaban J connectivity index is 1.92. The third kappa shape index (κ3) is 5.10. The van der Waals surface area contributed by atoms with Gasteiger partial charge in [0.15, 0.2) is 0 Å². The maximum absolute atomic E-state index is 12.5. The van der Waals surface area contributed by atoms with Crippen molar-refractivity contribution < 1.29 is 9.59 Å². The first-order valence-corrected chi connectivity index (χ1v) is 9.43. The summed E-state index contributed by atoms with van der Waals surface area (Å²) in [6.45, 7) is 13.0. The van der Waals surface area contributed by atoms with Gasteiger partial charge >= 0.3 is 6.03 Å². The predicted octanol–water partition coefficient (Wildman–Crippen LogP) is 3.33. The Hall–Kier alpha value is -1.78. The van der Waals surface area contributed by atoms with Gasteiger partial charge in [-0.1, -0.05) is 25.5 Å². The van der Waals surface area contributed by atoms with E-state index in [9.17, 15) is 9.59 Å². The Labute approximate surface area is 152 Å². The molecule has 25 heavy (non-hydrogen) atoms. The number of carbonyl (C=O) groups excluding carboxylic acids is 2. The van der Waals surface area contributed by atoms with Gasteiger partial charge in [-0.25, -0.2) is 4.79 Å². The zero-order chi connectivity index (χ0) is 18.6. The third-order valence-electron chi connectivity index (χ3n) is 5.23. The van der Waals surface area contributed by atoms with Crippen LogP contribution in [0.1, 0.15) is 53.9 Å². The molecule has 0 radical (unpaired) electrons. The van der Waals surface area contributed by atoms with E-state index in [1.54, 1.807) is 11.0 Å². The molecule has 5 nitrogen and oxygen atoms in total. The van der Waals surface area contributed by atoms with Crippen LogP contribution in [0.2, 0.25) is 0 Å². The molecule has 1 aliphatic heterocycles. The molecule has 1 fully saturated rings. The van der Waals surface area contributed by atoms with Gasteiger partial charge in [0, 0.05) is 38.3 Å². The van der Waals surface area contributed by atoms with Crippen molar-refractivity contribution in [2.75, 3.05) is 26.2 Å². The second-order valence-electron chi connectivity index (χ2n) is 8.18. The number of nitrogens with one attached hydrogen (secondary N) is 1. The summed E-state index contributed by atoms with van der Waals surface area (Å²) in [5.74, 6) is 0.0468. The number of hydrogen-bond donors (Lipinski definition) is 1. The zero-order valence-corrected chi connectivity index (χ0v) is 16.4. The van der Waals surface area contributed by atoms with E-state index < -0.39 is 0 Å². The van der Waals surface area contributed by atoms with E-state index in [2.05, 4.69) is 26.1 Å². The number of carbonyl (C=O) groups is 2. The summed E-state index contributed by atoms with van der Waals surface area (Å²) in [7, 11) is 0. The molecule has 0 atom stereocenters. The van der Waals surface area contributed by atoms with Crippen molar-refractivity contribution in [1.82, 2.24) is 15.1 Å². The van der Waals surface area contributed by atoms with Gasteiger partial charge < -0.3 is 15.1 Å². The van der Waals surface area contributed by atoms with E-state index in [0.717, 1.165) is 6.42 Å². The molecule has 2 rings (SSSR count). The van der Waals surface area contributed by atoms with Crippen molar-refractivity contribution in [1.29, 1.82) is 0 Å². The van der Waals surface area contributed by atoms with Crippen LogP contribution in [0.3, 0.4) is 0 Å². The monoisotopic (exact) mass is 347 g/mol. The van der Waals surface area contributed by atoms with E-state index in [0.29, 0.717) is 26.2 Å². The Morgan fingerprint density at radius 2 is 1.72 bits per heavy atom. The second-order valence-corrected chi connectivity index (χ2v) is 8.18. The highest BCUT2D eigenvalue weighted by molar-refractivity contribution is 5.88. The van der Waals surface area contributed by atoms with E-state index in [-0.39, 0.29) is 23.4 Å². The van der Waals surface area contributed by atoms with Crippen molar-refractivity contribution >= 4 is 11.9 Å². The van der Waals surface area contributed by atoms with E-state index >= 15 is 0 Å². The summed E-state index contributed by atoms with van der Waals surface area (Å²) in [6, 6.07) is 0.0906. The average molecular weight is 348 g/mol. The minimum atomic E-state index is -0.0395. The Morgan fingerprint density at radius 1 is 1.12 bits per heavy atom. The van der Waals surface area contributed by atoms with Gasteiger partial charge in [-0.05, 0) is 51.0 Å². The van der Waals surface area contributed by atoms with Crippen molar-refractivity contribution in [2.24, 2.45) is 5.41 Å². The highest BCUT2D eigenvalue weighted by Crippen LogP contribution is 2.40. The minimum Gasteiger partial charge on any atom is -0.336 e. The molecule has 2 aliphatic rings. The number of rotatable bonds is 3. The summed E-state index contributed by atoms with van der Waals surface area (Å²) in [5.41, 5.74) is 2.85. The summed E-state index contributed by atoms with van der Waals surface area (Å²) in [5, 5.41) is 2.90. The summed E-state index contributed by atoms with van der Waals surface area (Å²) < 4.78 is 0. The molecular weight excluding hydrogens is 314 g/mol. The van der Waals surface area contributed by atoms with Crippen LogP contribution in [-0.4, -0.2) is 54.0 Å². The topological polar surface area (TPSA) is 52.7 Å². The smallest absolute Gasteiger partial charge is 0.317 e. The number of amides is 3. The molecular formula is C20H33N3O2. The number of nitrogens with zero attached hydrogens (tertiary/aromatic N) is 2. The fourth-order valence-corrected chi connectivity index (χ4v) is 3.74. The maximum Gasteiger partial charge on any atom is 0.317 e. The van der Waals surface area contributed by atoms with Crippen molar-refractivity contribution in [2.45, 2.75) is 59.9 Å². The average Bonchev–Trinajstić information content (AvgIpc) is 2.53. The second kappa shape index (κ2) is 8.07. The first-order chi connectivity index (χ1) is 11.7. The molecule has 3 amide bonds. The van der Waals surface area contributed by atoms with Gasteiger partial charge in [0.25, 0.3) is 0 Å². The first-order valence-electron chi connectivity index (χ1n) is 9.43. The van der Waals surface area contributed by atoms with Gasteiger partial charge in [0.05, 0.1) is 0 Å². The maximum atomic E-state index is 12.5. The van der Waals surface area contributed by atoms with Crippen molar-refractivity contribution in [3.63, 3.8) is 0 Å². The lowest BCUT2D eigenvalue weighted by molar-refractivity contribution is -0.127. The standard InChI is InChI=1S/C20H33N3O2/c1-15(2)21-19(25)23-13-11-22(12-14-23)18(24)9-8-17-16(3)7-6-10-20(17,4)5/h8-9,15H,6-7,10-14H2,1-5H3,(H,21,25). The molecule has 140 valence electrons. The number of urea groups is 1. The molecule has 5 heteroatoms. The molecule has 1 saturated heterocycles. The molecule has 0 aromatic heterocycles. The Kier molecular flexibility index (Phi) is 6.31. The van der Waals surface area contributed by atoms with Crippen LogP contribution < -0.4 is 5.32 Å². The molecule has 0 bridgehead atoms. The lowest BCUT2D eigenvalue weighted by Gasteiger charge is -2.35. The van der Waals surface area contributed by atoms with Crippen LogP contribution in [0.5, 0.6) is 0 Å². The fraction of sp³-hybridized carbons (Fsp3) is 0.700. The van der Waals surface area contributed by atoms with Crippen LogP contribution in [0.4, 0.5) is 4.79 Å². The zero-order valence-electron chi connectivity index (χ0n) is 16.4. The van der Waals surface area contributed by atoms with Crippen LogP contribution in [-0.2, 0) is 4.79 Å². The molecule has 1 heterocycles. The number of piperazine rings is 1. The SMILES string of the molecule is CC1=C(C=CC(=O)N2CCN(C(=O)NC(C)C)CC2)C(C)(C)CCC1. The summed E-state index contributed by atoms with van der Waals surface area (Å²) >= 11 is 0. The minimum absolute atomic E-state index is 0.0395. The predicted molar refractivity (Wildman–Crippen MR) is 101 cm³/mol. The fourth-order valence-electron chi connectivity index (χ4n) is 3.74. The first kappa shape index (κ1) is 19.5. The van der Waals surface area contributed by atoms with Crippen LogP contribution in [0.15, 0.2) is 23.3 Å². The van der Waals surface area contributed by atoms with Crippen molar-refractivity contribution in [3.8, 4) is 0 Å². The Morgan fingerprint density at radius 3 is 2.28 bits per heavy atom. The van der Waals surface area contributed by atoms with Crippen LogP contribution in [0.25, 0.3) is 0 Å². The lowest BCUT2D eigenvalue weighted by Crippen LogP contribution is -2.53. The molecule has 0 aromatic rings. The molecule has 0 aromatic carbocycles. The molecule has 1 aliphatic carbocycles. The van der Waals surface area contributed by atoms with E-state index in [4.69, 9.17) is 0 Å². The Bertz CT molecular complexity index is 567. The highest BCUT2D eigenvalue weighted by Gasteiger charge is 2.27.